The first-order chi connectivity index (χ1) is 7.43. The van der Waals surface area contributed by atoms with Crippen molar-refractivity contribution in [2.75, 3.05) is 25.4 Å². The minimum atomic E-state index is 0.767. The fourth-order valence-corrected chi connectivity index (χ4v) is 2.79. The molecule has 0 aliphatic rings. The zero-order chi connectivity index (χ0) is 10.8. The standard InChI is InChI=1S/C10H17N3S2/c11-5-3-6-12-8-9-14-15-10-4-1-2-7-13-10/h1-2,4,7,12H,3,5-6,8-9,11H2. The number of hydrogen-bond donors (Lipinski definition) is 2. The van der Waals surface area contributed by atoms with Crippen LogP contribution in [-0.4, -0.2) is 30.4 Å². The molecule has 0 aliphatic carbocycles. The van der Waals surface area contributed by atoms with Crippen LogP contribution in [0.3, 0.4) is 0 Å². The second-order valence-electron chi connectivity index (χ2n) is 2.97. The van der Waals surface area contributed by atoms with Crippen molar-refractivity contribution in [2.24, 2.45) is 5.73 Å². The molecule has 1 aromatic rings. The van der Waals surface area contributed by atoms with Crippen LogP contribution in [0, 0.1) is 0 Å². The number of nitrogens with zero attached hydrogens (tertiary/aromatic N) is 1. The van der Waals surface area contributed by atoms with Crippen LogP contribution in [0.25, 0.3) is 0 Å². The predicted molar refractivity (Wildman–Crippen MR) is 69.1 cm³/mol. The van der Waals surface area contributed by atoms with E-state index in [0.717, 1.165) is 36.8 Å². The van der Waals surface area contributed by atoms with Gasteiger partial charge in [-0.05, 0) is 42.4 Å². The number of aromatic nitrogens is 1. The van der Waals surface area contributed by atoms with Crippen LogP contribution >= 0.6 is 21.6 Å². The van der Waals surface area contributed by atoms with Gasteiger partial charge in [-0.25, -0.2) is 4.98 Å². The highest BCUT2D eigenvalue weighted by molar-refractivity contribution is 8.76. The van der Waals surface area contributed by atoms with Crippen LogP contribution in [0.4, 0.5) is 0 Å². The van der Waals surface area contributed by atoms with E-state index in [1.807, 2.05) is 35.2 Å². The van der Waals surface area contributed by atoms with Crippen molar-refractivity contribution in [3.63, 3.8) is 0 Å². The minimum Gasteiger partial charge on any atom is -0.330 e. The quantitative estimate of drug-likeness (QED) is 0.538. The number of pyridine rings is 1. The van der Waals surface area contributed by atoms with Crippen molar-refractivity contribution in [1.82, 2.24) is 10.3 Å². The monoisotopic (exact) mass is 243 g/mol. The van der Waals surface area contributed by atoms with Crippen LogP contribution in [0.1, 0.15) is 6.42 Å². The zero-order valence-electron chi connectivity index (χ0n) is 8.69. The van der Waals surface area contributed by atoms with Crippen molar-refractivity contribution in [2.45, 2.75) is 11.4 Å². The van der Waals surface area contributed by atoms with Crippen LogP contribution in [0.2, 0.25) is 0 Å². The van der Waals surface area contributed by atoms with E-state index < -0.39 is 0 Å². The third-order valence-electron chi connectivity index (χ3n) is 1.70. The first kappa shape index (κ1) is 12.8. The maximum Gasteiger partial charge on any atom is 0.106 e. The summed E-state index contributed by atoms with van der Waals surface area (Å²) >= 11 is 0. The van der Waals surface area contributed by atoms with E-state index in [4.69, 9.17) is 5.73 Å². The molecule has 0 radical (unpaired) electrons. The third kappa shape index (κ3) is 6.78. The van der Waals surface area contributed by atoms with Gasteiger partial charge in [0.05, 0.1) is 0 Å². The molecule has 0 saturated heterocycles. The van der Waals surface area contributed by atoms with Gasteiger partial charge in [0, 0.05) is 18.5 Å². The summed E-state index contributed by atoms with van der Waals surface area (Å²) in [5, 5.41) is 4.41. The molecule has 15 heavy (non-hydrogen) atoms. The molecule has 0 atom stereocenters. The highest BCUT2D eigenvalue weighted by Gasteiger charge is 1.94. The Morgan fingerprint density at radius 1 is 1.33 bits per heavy atom. The molecule has 5 heteroatoms. The third-order valence-corrected chi connectivity index (χ3v) is 3.97. The topological polar surface area (TPSA) is 50.9 Å². The van der Waals surface area contributed by atoms with Gasteiger partial charge in [-0.1, -0.05) is 16.9 Å². The fraction of sp³-hybridized carbons (Fsp3) is 0.500. The van der Waals surface area contributed by atoms with Crippen molar-refractivity contribution in [1.29, 1.82) is 0 Å². The summed E-state index contributed by atoms with van der Waals surface area (Å²) in [5.41, 5.74) is 5.39. The van der Waals surface area contributed by atoms with E-state index in [2.05, 4.69) is 10.3 Å². The number of nitrogens with one attached hydrogen (secondary N) is 1. The molecule has 3 N–H and O–H groups in total. The lowest BCUT2D eigenvalue weighted by atomic mass is 10.4. The lowest BCUT2D eigenvalue weighted by Gasteiger charge is -2.02. The van der Waals surface area contributed by atoms with Crippen molar-refractivity contribution in [3.8, 4) is 0 Å². The Morgan fingerprint density at radius 3 is 3.00 bits per heavy atom. The SMILES string of the molecule is NCCCNCCSSc1ccccn1. The van der Waals surface area contributed by atoms with Gasteiger partial charge in [-0.15, -0.1) is 0 Å². The molecule has 0 spiro atoms. The molecule has 0 unspecified atom stereocenters. The van der Waals surface area contributed by atoms with E-state index >= 15 is 0 Å². The molecule has 3 nitrogen and oxygen atoms in total. The first-order valence-corrected chi connectivity index (χ1v) is 7.36. The van der Waals surface area contributed by atoms with Crippen LogP contribution in [0.5, 0.6) is 0 Å². The molecule has 1 rings (SSSR count). The maximum absolute atomic E-state index is 5.39. The summed E-state index contributed by atoms with van der Waals surface area (Å²) in [5.74, 6) is 1.09. The Hall–Kier alpha value is -0.230. The number of nitrogens with two attached hydrogens (primary N) is 1. The van der Waals surface area contributed by atoms with Gasteiger partial charge in [-0.3, -0.25) is 0 Å². The molecular formula is C10H17N3S2. The number of rotatable bonds is 8. The van der Waals surface area contributed by atoms with Gasteiger partial charge < -0.3 is 11.1 Å². The average molecular weight is 243 g/mol. The van der Waals surface area contributed by atoms with E-state index in [1.165, 1.54) is 0 Å². The molecule has 0 saturated carbocycles. The Labute approximate surface area is 99.0 Å². The predicted octanol–water partition coefficient (Wildman–Crippen LogP) is 1.76. The normalized spacial score (nSPS) is 10.5. The Bertz CT molecular complexity index is 244. The summed E-state index contributed by atoms with van der Waals surface area (Å²) in [6, 6.07) is 5.97. The average Bonchev–Trinajstić information content (AvgIpc) is 2.29. The lowest BCUT2D eigenvalue weighted by Crippen LogP contribution is -2.20. The Balaban J connectivity index is 1.93. The van der Waals surface area contributed by atoms with Crippen LogP contribution in [-0.2, 0) is 0 Å². The second-order valence-corrected chi connectivity index (χ2v) is 5.40. The van der Waals surface area contributed by atoms with E-state index in [-0.39, 0.29) is 0 Å². The minimum absolute atomic E-state index is 0.767. The van der Waals surface area contributed by atoms with Crippen LogP contribution in [0.15, 0.2) is 29.4 Å². The molecule has 1 heterocycles. The highest BCUT2D eigenvalue weighted by Crippen LogP contribution is 2.28. The maximum atomic E-state index is 5.39. The van der Waals surface area contributed by atoms with Crippen molar-refractivity contribution >= 4 is 21.6 Å². The van der Waals surface area contributed by atoms with E-state index in [9.17, 15) is 0 Å². The smallest absolute Gasteiger partial charge is 0.106 e. The number of hydrogen-bond acceptors (Lipinski definition) is 5. The highest BCUT2D eigenvalue weighted by atomic mass is 33.1. The molecule has 0 fully saturated rings. The molecule has 0 aliphatic heterocycles. The Morgan fingerprint density at radius 2 is 2.27 bits per heavy atom. The fourth-order valence-electron chi connectivity index (χ4n) is 0.964. The molecule has 0 bridgehead atoms. The van der Waals surface area contributed by atoms with Gasteiger partial charge >= 0.3 is 0 Å². The summed E-state index contributed by atoms with van der Waals surface area (Å²) in [6.45, 7) is 2.82. The molecule has 0 amide bonds. The van der Waals surface area contributed by atoms with E-state index in [0.29, 0.717) is 0 Å². The van der Waals surface area contributed by atoms with Gasteiger partial charge in [0.2, 0.25) is 0 Å². The summed E-state index contributed by atoms with van der Waals surface area (Å²) in [4.78, 5) is 4.23. The van der Waals surface area contributed by atoms with Crippen LogP contribution < -0.4 is 11.1 Å². The van der Waals surface area contributed by atoms with Crippen molar-refractivity contribution in [3.05, 3.63) is 24.4 Å². The summed E-state index contributed by atoms with van der Waals surface area (Å²) in [6.07, 6.45) is 2.88. The molecule has 1 aromatic heterocycles. The molecular weight excluding hydrogens is 226 g/mol. The summed E-state index contributed by atoms with van der Waals surface area (Å²) < 4.78 is 0. The Kier molecular flexibility index (Phi) is 7.73. The second kappa shape index (κ2) is 9.03. The summed E-state index contributed by atoms with van der Waals surface area (Å²) in [7, 11) is 3.55. The van der Waals surface area contributed by atoms with Gasteiger partial charge in [0.25, 0.3) is 0 Å². The largest absolute Gasteiger partial charge is 0.330 e. The van der Waals surface area contributed by atoms with Crippen molar-refractivity contribution < 1.29 is 0 Å². The van der Waals surface area contributed by atoms with Gasteiger partial charge in [0.1, 0.15) is 5.03 Å². The zero-order valence-corrected chi connectivity index (χ0v) is 10.3. The lowest BCUT2D eigenvalue weighted by molar-refractivity contribution is 0.683. The molecule has 84 valence electrons. The first-order valence-electron chi connectivity index (χ1n) is 5.05. The van der Waals surface area contributed by atoms with Gasteiger partial charge in [-0.2, -0.15) is 0 Å². The van der Waals surface area contributed by atoms with Gasteiger partial charge in [0.15, 0.2) is 0 Å². The molecule has 0 aromatic carbocycles. The van der Waals surface area contributed by atoms with E-state index in [1.54, 1.807) is 10.8 Å².